The summed E-state index contributed by atoms with van der Waals surface area (Å²) in [6.45, 7) is 9.23. The molecule has 0 saturated heterocycles. The van der Waals surface area contributed by atoms with Gasteiger partial charge in [-0.2, -0.15) is 0 Å². The van der Waals surface area contributed by atoms with Gasteiger partial charge in [0.2, 0.25) is 0 Å². The van der Waals surface area contributed by atoms with E-state index in [2.05, 4.69) is 5.32 Å². The van der Waals surface area contributed by atoms with E-state index in [-0.39, 0.29) is 0 Å². The highest BCUT2D eigenvalue weighted by Crippen LogP contribution is 2.22. The molecule has 0 aliphatic carbocycles. The molecule has 1 aromatic carbocycles. The van der Waals surface area contributed by atoms with Gasteiger partial charge in [-0.3, -0.25) is 0 Å². The Morgan fingerprint density at radius 1 is 1.25 bits per heavy atom. The van der Waals surface area contributed by atoms with Gasteiger partial charge in [0.25, 0.3) is 0 Å². The van der Waals surface area contributed by atoms with Crippen molar-refractivity contribution in [2.45, 2.75) is 33.3 Å². The van der Waals surface area contributed by atoms with Crippen LogP contribution in [0.4, 0.5) is 0 Å². The maximum Gasteiger partial charge on any atom is 0.125 e. The van der Waals surface area contributed by atoms with Crippen LogP contribution in [0.1, 0.15) is 24.5 Å². The van der Waals surface area contributed by atoms with Gasteiger partial charge >= 0.3 is 0 Å². The van der Waals surface area contributed by atoms with Crippen molar-refractivity contribution in [3.8, 4) is 5.75 Å². The highest BCUT2D eigenvalue weighted by atomic mass is 16.5. The molecule has 0 amide bonds. The van der Waals surface area contributed by atoms with E-state index in [0.717, 1.165) is 43.1 Å². The van der Waals surface area contributed by atoms with Crippen molar-refractivity contribution in [1.82, 2.24) is 5.32 Å². The number of hydrogen-bond acceptors (Lipinski definition) is 4. The summed E-state index contributed by atoms with van der Waals surface area (Å²) in [5.41, 5.74) is 2.20. The van der Waals surface area contributed by atoms with E-state index in [9.17, 15) is 5.11 Å². The van der Waals surface area contributed by atoms with Crippen LogP contribution in [0.15, 0.2) is 18.2 Å². The summed E-state index contributed by atoms with van der Waals surface area (Å²) >= 11 is 0. The molecular formula is C16H27NO3. The second-order valence-electron chi connectivity index (χ2n) is 4.94. The van der Waals surface area contributed by atoms with E-state index in [1.807, 2.05) is 39.0 Å². The smallest absolute Gasteiger partial charge is 0.125 e. The summed E-state index contributed by atoms with van der Waals surface area (Å²) in [5.74, 6) is 0.878. The van der Waals surface area contributed by atoms with Crippen LogP contribution in [0.3, 0.4) is 0 Å². The van der Waals surface area contributed by atoms with Crippen molar-refractivity contribution in [2.75, 3.05) is 32.9 Å². The van der Waals surface area contributed by atoms with Crippen LogP contribution in [-0.4, -0.2) is 44.1 Å². The fourth-order valence-corrected chi connectivity index (χ4v) is 1.98. The first-order chi connectivity index (χ1) is 9.65. The molecule has 0 aliphatic heterocycles. The van der Waals surface area contributed by atoms with E-state index in [0.29, 0.717) is 13.2 Å². The molecule has 4 nitrogen and oxygen atoms in total. The van der Waals surface area contributed by atoms with Crippen LogP contribution in [0, 0.1) is 13.8 Å². The summed E-state index contributed by atoms with van der Waals surface area (Å²) in [6.07, 6.45) is 0.458. The average molecular weight is 281 g/mol. The van der Waals surface area contributed by atoms with Crippen molar-refractivity contribution < 1.29 is 14.6 Å². The number of aliphatic hydroxyl groups excluding tert-OH is 1. The van der Waals surface area contributed by atoms with Crippen LogP contribution in [0.5, 0.6) is 5.75 Å². The van der Waals surface area contributed by atoms with Crippen molar-refractivity contribution in [2.24, 2.45) is 0 Å². The molecular weight excluding hydrogens is 254 g/mol. The molecule has 4 heteroatoms. The quantitative estimate of drug-likeness (QED) is 0.645. The third kappa shape index (κ3) is 6.37. The topological polar surface area (TPSA) is 50.7 Å². The lowest BCUT2D eigenvalue weighted by Crippen LogP contribution is -2.32. The predicted octanol–water partition coefficient (Wildman–Crippen LogP) is 2.06. The second-order valence-corrected chi connectivity index (χ2v) is 4.94. The molecule has 1 aromatic rings. The molecule has 1 atom stereocenters. The number of nitrogens with one attached hydrogen (secondary N) is 1. The Bertz CT molecular complexity index is 362. The molecule has 0 spiro atoms. The van der Waals surface area contributed by atoms with E-state index in [1.54, 1.807) is 0 Å². The van der Waals surface area contributed by atoms with E-state index >= 15 is 0 Å². The Morgan fingerprint density at radius 2 is 1.95 bits per heavy atom. The van der Waals surface area contributed by atoms with Crippen LogP contribution in [0.2, 0.25) is 0 Å². The first-order valence-electron chi connectivity index (χ1n) is 7.30. The van der Waals surface area contributed by atoms with Gasteiger partial charge in [-0.05, 0) is 44.9 Å². The molecule has 20 heavy (non-hydrogen) atoms. The van der Waals surface area contributed by atoms with Gasteiger partial charge in [-0.25, -0.2) is 0 Å². The minimum atomic E-state index is -0.499. The van der Waals surface area contributed by atoms with Crippen LogP contribution < -0.4 is 10.1 Å². The van der Waals surface area contributed by atoms with Crippen LogP contribution >= 0.6 is 0 Å². The molecule has 0 fully saturated rings. The van der Waals surface area contributed by atoms with Gasteiger partial charge < -0.3 is 19.9 Å². The second kappa shape index (κ2) is 9.75. The van der Waals surface area contributed by atoms with Crippen molar-refractivity contribution in [1.29, 1.82) is 0 Å². The van der Waals surface area contributed by atoms with Crippen molar-refractivity contribution in [3.63, 3.8) is 0 Å². The summed E-state index contributed by atoms with van der Waals surface area (Å²) < 4.78 is 11.0. The highest BCUT2D eigenvalue weighted by molar-refractivity contribution is 5.39. The number of benzene rings is 1. The normalized spacial score (nSPS) is 12.4. The Hall–Kier alpha value is -1.10. The van der Waals surface area contributed by atoms with E-state index < -0.39 is 6.10 Å². The third-order valence-electron chi connectivity index (χ3n) is 3.06. The molecule has 0 aromatic heterocycles. The number of aryl methyl sites for hydroxylation is 2. The standard InChI is InChI=1S/C16H27NO3/c1-4-19-10-6-9-17-11-15(18)12-20-16-13(2)7-5-8-14(16)3/h5,7-8,15,17-18H,4,6,9-12H2,1-3H3. The molecule has 0 aliphatic rings. The molecule has 2 N–H and O–H groups in total. The van der Waals surface area contributed by atoms with Crippen LogP contribution in [0.25, 0.3) is 0 Å². The first-order valence-corrected chi connectivity index (χ1v) is 7.30. The zero-order valence-corrected chi connectivity index (χ0v) is 12.8. The number of para-hydroxylation sites is 1. The SMILES string of the molecule is CCOCCCNCC(O)COc1c(C)cccc1C. The molecule has 0 saturated carbocycles. The molecule has 114 valence electrons. The van der Waals surface area contributed by atoms with E-state index in [1.165, 1.54) is 0 Å². The number of aliphatic hydroxyl groups is 1. The van der Waals surface area contributed by atoms with Crippen LogP contribution in [-0.2, 0) is 4.74 Å². The lowest BCUT2D eigenvalue weighted by atomic mass is 10.1. The maximum absolute atomic E-state index is 9.88. The molecule has 0 heterocycles. The summed E-state index contributed by atoms with van der Waals surface area (Å²) in [6, 6.07) is 6.04. The zero-order chi connectivity index (χ0) is 14.8. The fourth-order valence-electron chi connectivity index (χ4n) is 1.98. The van der Waals surface area contributed by atoms with Gasteiger partial charge in [0.1, 0.15) is 18.5 Å². The Labute approximate surface area is 122 Å². The minimum absolute atomic E-state index is 0.310. The van der Waals surface area contributed by atoms with Crippen molar-refractivity contribution in [3.05, 3.63) is 29.3 Å². The zero-order valence-electron chi connectivity index (χ0n) is 12.8. The summed E-state index contributed by atoms with van der Waals surface area (Å²) in [5, 5.41) is 13.1. The third-order valence-corrected chi connectivity index (χ3v) is 3.06. The molecule has 0 bridgehead atoms. The van der Waals surface area contributed by atoms with Gasteiger partial charge in [0, 0.05) is 19.8 Å². The number of rotatable bonds is 10. The lowest BCUT2D eigenvalue weighted by molar-refractivity contribution is 0.103. The molecule has 1 unspecified atom stereocenters. The number of ether oxygens (including phenoxy) is 2. The first kappa shape index (κ1) is 17.0. The highest BCUT2D eigenvalue weighted by Gasteiger charge is 2.08. The summed E-state index contributed by atoms with van der Waals surface area (Å²) in [7, 11) is 0. The maximum atomic E-state index is 9.88. The average Bonchev–Trinajstić information content (AvgIpc) is 2.42. The Morgan fingerprint density at radius 3 is 2.60 bits per heavy atom. The molecule has 0 radical (unpaired) electrons. The minimum Gasteiger partial charge on any atom is -0.490 e. The largest absolute Gasteiger partial charge is 0.490 e. The van der Waals surface area contributed by atoms with E-state index in [4.69, 9.17) is 9.47 Å². The van der Waals surface area contributed by atoms with Gasteiger partial charge in [0.15, 0.2) is 0 Å². The lowest BCUT2D eigenvalue weighted by Gasteiger charge is -2.16. The fraction of sp³-hybridized carbons (Fsp3) is 0.625. The van der Waals surface area contributed by atoms with Gasteiger partial charge in [0.05, 0.1) is 0 Å². The van der Waals surface area contributed by atoms with Gasteiger partial charge in [-0.15, -0.1) is 0 Å². The summed E-state index contributed by atoms with van der Waals surface area (Å²) in [4.78, 5) is 0. The number of hydrogen-bond donors (Lipinski definition) is 2. The Kier molecular flexibility index (Phi) is 8.26. The van der Waals surface area contributed by atoms with Crippen molar-refractivity contribution >= 4 is 0 Å². The monoisotopic (exact) mass is 281 g/mol. The predicted molar refractivity (Wildman–Crippen MR) is 81.4 cm³/mol. The van der Waals surface area contributed by atoms with Gasteiger partial charge in [-0.1, -0.05) is 18.2 Å². The molecule has 1 rings (SSSR count). The Balaban J connectivity index is 2.18.